The van der Waals surface area contributed by atoms with Crippen LogP contribution in [-0.4, -0.2) is 18.1 Å². The Hall–Kier alpha value is -3.26. The molecule has 0 radical (unpaired) electrons. The normalized spacial score (nSPS) is 10.8. The van der Waals surface area contributed by atoms with E-state index in [2.05, 4.69) is 5.32 Å². The monoisotopic (exact) mass is 322 g/mol. The molecule has 5 heteroatoms. The number of aryl methyl sites for hydroxylation is 2. The molecule has 1 amide bonds. The Balaban J connectivity index is 2.27. The molecule has 24 heavy (non-hydrogen) atoms. The zero-order valence-electron chi connectivity index (χ0n) is 13.8. The number of methoxy groups -OCH3 is 1. The van der Waals surface area contributed by atoms with E-state index in [4.69, 9.17) is 4.74 Å². The number of phenolic OH excluding ortho intramolecular Hbond substituents is 1. The smallest absolute Gasteiger partial charge is 0.266 e. The van der Waals surface area contributed by atoms with Crippen LogP contribution in [0.5, 0.6) is 11.5 Å². The molecule has 2 aromatic rings. The predicted molar refractivity (Wildman–Crippen MR) is 92.8 cm³/mol. The Labute approximate surface area is 140 Å². The van der Waals surface area contributed by atoms with Gasteiger partial charge < -0.3 is 15.2 Å². The molecule has 0 aromatic heterocycles. The number of anilines is 1. The van der Waals surface area contributed by atoms with Gasteiger partial charge in [-0.15, -0.1) is 0 Å². The fourth-order valence-corrected chi connectivity index (χ4v) is 2.29. The number of ether oxygens (including phenoxy) is 1. The zero-order chi connectivity index (χ0) is 17.7. The first-order valence-electron chi connectivity index (χ1n) is 7.32. The SMILES string of the molecule is COc1cccc(NC(=O)/C(C#N)=C\c2cc(C)c(O)c(C)c2)c1. The Kier molecular flexibility index (Phi) is 5.23. The standard InChI is InChI=1S/C19H18N2O3/c1-12-7-14(8-13(2)18(12)22)9-15(11-20)19(23)21-16-5-4-6-17(10-16)24-3/h4-10,22H,1-3H3,(H,21,23)/b15-9-. The van der Waals surface area contributed by atoms with Gasteiger partial charge >= 0.3 is 0 Å². The summed E-state index contributed by atoms with van der Waals surface area (Å²) in [6, 6.07) is 12.2. The average molecular weight is 322 g/mol. The second-order valence-electron chi connectivity index (χ2n) is 5.36. The molecule has 0 aliphatic carbocycles. The van der Waals surface area contributed by atoms with Crippen LogP contribution < -0.4 is 10.1 Å². The highest BCUT2D eigenvalue weighted by Crippen LogP contribution is 2.24. The molecular formula is C19H18N2O3. The van der Waals surface area contributed by atoms with Crippen molar-refractivity contribution in [3.63, 3.8) is 0 Å². The number of nitrogens with zero attached hydrogens (tertiary/aromatic N) is 1. The molecule has 122 valence electrons. The molecule has 0 aliphatic rings. The highest BCUT2D eigenvalue weighted by atomic mass is 16.5. The minimum absolute atomic E-state index is 0.0256. The number of nitrogens with one attached hydrogen (secondary N) is 1. The Bertz CT molecular complexity index is 825. The number of hydrogen-bond donors (Lipinski definition) is 2. The fourth-order valence-electron chi connectivity index (χ4n) is 2.29. The summed E-state index contributed by atoms with van der Waals surface area (Å²) in [4.78, 5) is 12.3. The van der Waals surface area contributed by atoms with Gasteiger partial charge in [0.25, 0.3) is 5.91 Å². The maximum Gasteiger partial charge on any atom is 0.266 e. The third-order valence-corrected chi connectivity index (χ3v) is 3.52. The van der Waals surface area contributed by atoms with Crippen molar-refractivity contribution < 1.29 is 14.6 Å². The molecule has 0 aliphatic heterocycles. The van der Waals surface area contributed by atoms with Crippen molar-refractivity contribution in [1.29, 1.82) is 5.26 Å². The molecule has 0 atom stereocenters. The number of carbonyl (C=O) groups is 1. The summed E-state index contributed by atoms with van der Waals surface area (Å²) < 4.78 is 5.10. The first kappa shape index (κ1) is 17.1. The first-order valence-corrected chi connectivity index (χ1v) is 7.32. The highest BCUT2D eigenvalue weighted by molar-refractivity contribution is 6.09. The zero-order valence-corrected chi connectivity index (χ0v) is 13.8. The largest absolute Gasteiger partial charge is 0.507 e. The molecule has 0 bridgehead atoms. The number of rotatable bonds is 4. The van der Waals surface area contributed by atoms with Crippen LogP contribution in [0.15, 0.2) is 42.0 Å². The van der Waals surface area contributed by atoms with Crippen molar-refractivity contribution in [2.45, 2.75) is 13.8 Å². The lowest BCUT2D eigenvalue weighted by molar-refractivity contribution is -0.112. The molecule has 5 nitrogen and oxygen atoms in total. The minimum atomic E-state index is -0.505. The highest BCUT2D eigenvalue weighted by Gasteiger charge is 2.11. The van der Waals surface area contributed by atoms with Crippen LogP contribution in [0.1, 0.15) is 16.7 Å². The van der Waals surface area contributed by atoms with E-state index >= 15 is 0 Å². The van der Waals surface area contributed by atoms with Crippen LogP contribution in [-0.2, 0) is 4.79 Å². The molecule has 0 unspecified atom stereocenters. The second-order valence-corrected chi connectivity index (χ2v) is 5.36. The summed E-state index contributed by atoms with van der Waals surface area (Å²) in [5.41, 5.74) is 2.57. The van der Waals surface area contributed by atoms with E-state index in [1.54, 1.807) is 50.2 Å². The lowest BCUT2D eigenvalue weighted by atomic mass is 10.0. The van der Waals surface area contributed by atoms with Gasteiger partial charge in [-0.3, -0.25) is 4.79 Å². The van der Waals surface area contributed by atoms with Crippen molar-refractivity contribution >= 4 is 17.7 Å². The van der Waals surface area contributed by atoms with Gasteiger partial charge in [0.2, 0.25) is 0 Å². The summed E-state index contributed by atoms with van der Waals surface area (Å²) in [6.07, 6.45) is 1.49. The van der Waals surface area contributed by atoms with Crippen LogP contribution in [0.2, 0.25) is 0 Å². The van der Waals surface area contributed by atoms with Gasteiger partial charge in [-0.25, -0.2) is 0 Å². The van der Waals surface area contributed by atoms with Crippen LogP contribution in [0.4, 0.5) is 5.69 Å². The van der Waals surface area contributed by atoms with E-state index in [1.807, 2.05) is 6.07 Å². The van der Waals surface area contributed by atoms with E-state index in [-0.39, 0.29) is 11.3 Å². The number of amides is 1. The van der Waals surface area contributed by atoms with Gasteiger partial charge in [0, 0.05) is 11.8 Å². The summed E-state index contributed by atoms with van der Waals surface area (Å²) in [7, 11) is 1.54. The number of aromatic hydroxyl groups is 1. The Morgan fingerprint density at radius 1 is 1.25 bits per heavy atom. The Morgan fingerprint density at radius 3 is 2.50 bits per heavy atom. The average Bonchev–Trinajstić information content (AvgIpc) is 2.57. The van der Waals surface area contributed by atoms with Gasteiger partial charge in [0.1, 0.15) is 23.1 Å². The van der Waals surface area contributed by atoms with Crippen molar-refractivity contribution in [2.24, 2.45) is 0 Å². The predicted octanol–water partition coefficient (Wildman–Crippen LogP) is 3.56. The van der Waals surface area contributed by atoms with Crippen molar-refractivity contribution in [3.8, 4) is 17.6 Å². The van der Waals surface area contributed by atoms with Crippen LogP contribution in [0.25, 0.3) is 6.08 Å². The van der Waals surface area contributed by atoms with Crippen molar-refractivity contribution in [3.05, 3.63) is 58.7 Å². The number of benzene rings is 2. The Morgan fingerprint density at radius 2 is 1.92 bits per heavy atom. The molecule has 0 spiro atoms. The molecule has 0 fully saturated rings. The first-order chi connectivity index (χ1) is 11.4. The quantitative estimate of drug-likeness (QED) is 0.666. The maximum atomic E-state index is 12.3. The lowest BCUT2D eigenvalue weighted by Gasteiger charge is -2.07. The van der Waals surface area contributed by atoms with Crippen LogP contribution in [0.3, 0.4) is 0 Å². The molecule has 2 N–H and O–H groups in total. The molecule has 0 heterocycles. The number of hydrogen-bond acceptors (Lipinski definition) is 4. The number of phenols is 1. The molecular weight excluding hydrogens is 304 g/mol. The van der Waals surface area contributed by atoms with Crippen molar-refractivity contribution in [2.75, 3.05) is 12.4 Å². The van der Waals surface area contributed by atoms with Gasteiger partial charge in [0.05, 0.1) is 7.11 Å². The van der Waals surface area contributed by atoms with E-state index in [0.29, 0.717) is 28.1 Å². The maximum absolute atomic E-state index is 12.3. The van der Waals surface area contributed by atoms with E-state index in [1.165, 1.54) is 13.2 Å². The number of carbonyl (C=O) groups excluding carboxylic acids is 1. The molecule has 0 saturated carbocycles. The van der Waals surface area contributed by atoms with Gasteiger partial charge in [0.15, 0.2) is 0 Å². The summed E-state index contributed by atoms with van der Waals surface area (Å²) in [5.74, 6) is 0.320. The lowest BCUT2D eigenvalue weighted by Crippen LogP contribution is -2.13. The van der Waals surface area contributed by atoms with Gasteiger partial charge in [-0.1, -0.05) is 6.07 Å². The molecule has 2 aromatic carbocycles. The number of nitriles is 1. The molecule has 0 saturated heterocycles. The third-order valence-electron chi connectivity index (χ3n) is 3.52. The van der Waals surface area contributed by atoms with Crippen LogP contribution in [0, 0.1) is 25.2 Å². The summed E-state index contributed by atoms with van der Waals surface area (Å²) in [6.45, 7) is 3.53. The van der Waals surface area contributed by atoms with Gasteiger partial charge in [-0.2, -0.15) is 5.26 Å². The van der Waals surface area contributed by atoms with E-state index in [9.17, 15) is 15.2 Å². The summed E-state index contributed by atoms with van der Waals surface area (Å²) in [5, 5.41) is 21.7. The summed E-state index contributed by atoms with van der Waals surface area (Å²) >= 11 is 0. The van der Waals surface area contributed by atoms with E-state index in [0.717, 1.165) is 0 Å². The second kappa shape index (κ2) is 7.34. The topological polar surface area (TPSA) is 82.3 Å². The molecule has 2 rings (SSSR count). The van der Waals surface area contributed by atoms with Crippen molar-refractivity contribution in [1.82, 2.24) is 0 Å². The minimum Gasteiger partial charge on any atom is -0.507 e. The van der Waals surface area contributed by atoms with Crippen LogP contribution >= 0.6 is 0 Å². The van der Waals surface area contributed by atoms with E-state index < -0.39 is 5.91 Å². The third kappa shape index (κ3) is 3.93. The van der Waals surface area contributed by atoms with Gasteiger partial charge in [-0.05, 0) is 60.9 Å². The fraction of sp³-hybridized carbons (Fsp3) is 0.158.